The molecule has 0 aliphatic carbocycles. The van der Waals surface area contributed by atoms with Crippen LogP contribution in [0, 0.1) is 6.92 Å². The number of aromatic nitrogens is 2. The lowest BCUT2D eigenvalue weighted by atomic mass is 10.3. The summed E-state index contributed by atoms with van der Waals surface area (Å²) in [6, 6.07) is 0.286. The Morgan fingerprint density at radius 1 is 1.53 bits per heavy atom. The summed E-state index contributed by atoms with van der Waals surface area (Å²) in [4.78, 5) is 0. The zero-order chi connectivity index (χ0) is 12.9. The summed E-state index contributed by atoms with van der Waals surface area (Å²) in [5.41, 5.74) is 1.15. The second-order valence-electron chi connectivity index (χ2n) is 4.58. The first-order chi connectivity index (χ1) is 7.87. The van der Waals surface area contributed by atoms with E-state index in [4.69, 9.17) is 0 Å². The van der Waals surface area contributed by atoms with Crippen molar-refractivity contribution in [1.82, 2.24) is 15.1 Å². The summed E-state index contributed by atoms with van der Waals surface area (Å²) >= 11 is 0. The van der Waals surface area contributed by atoms with Crippen molar-refractivity contribution < 1.29 is 8.42 Å². The van der Waals surface area contributed by atoms with E-state index in [1.54, 1.807) is 0 Å². The topological polar surface area (TPSA) is 64.0 Å². The number of hydrogen-bond acceptors (Lipinski definition) is 4. The van der Waals surface area contributed by atoms with Crippen molar-refractivity contribution in [2.24, 2.45) is 0 Å². The molecule has 5 nitrogen and oxygen atoms in total. The van der Waals surface area contributed by atoms with E-state index >= 15 is 0 Å². The van der Waals surface area contributed by atoms with Gasteiger partial charge in [-0.15, -0.1) is 0 Å². The molecule has 0 unspecified atom stereocenters. The van der Waals surface area contributed by atoms with Gasteiger partial charge in [-0.05, 0) is 32.4 Å². The fourth-order valence-electron chi connectivity index (χ4n) is 1.59. The Morgan fingerprint density at radius 3 is 2.76 bits per heavy atom. The van der Waals surface area contributed by atoms with E-state index in [0.29, 0.717) is 13.0 Å². The highest BCUT2D eigenvalue weighted by molar-refractivity contribution is 7.90. The zero-order valence-electron chi connectivity index (χ0n) is 10.7. The molecule has 0 fully saturated rings. The molecule has 1 heterocycles. The van der Waals surface area contributed by atoms with Crippen molar-refractivity contribution in [2.75, 3.05) is 18.6 Å². The van der Waals surface area contributed by atoms with E-state index in [1.807, 2.05) is 24.0 Å². The molecule has 0 saturated carbocycles. The Kier molecular flexibility index (Phi) is 5.14. The third-order valence-electron chi connectivity index (χ3n) is 2.41. The molecule has 6 heteroatoms. The van der Waals surface area contributed by atoms with Gasteiger partial charge in [0.1, 0.15) is 9.84 Å². The van der Waals surface area contributed by atoms with Gasteiger partial charge in [-0.25, -0.2) is 8.42 Å². The molecule has 98 valence electrons. The van der Waals surface area contributed by atoms with Crippen molar-refractivity contribution in [3.05, 3.63) is 18.0 Å². The number of nitrogens with zero attached hydrogens (tertiary/aromatic N) is 2. The molecule has 1 aromatic heterocycles. The second-order valence-corrected chi connectivity index (χ2v) is 6.84. The fourth-order valence-corrected chi connectivity index (χ4v) is 2.26. The molecule has 0 aliphatic rings. The van der Waals surface area contributed by atoms with Crippen LogP contribution < -0.4 is 5.32 Å². The Balaban J connectivity index is 2.20. The van der Waals surface area contributed by atoms with Crippen LogP contribution in [0.3, 0.4) is 0 Å². The summed E-state index contributed by atoms with van der Waals surface area (Å²) < 4.78 is 23.7. The molecule has 1 aromatic rings. The number of hydrogen-bond donors (Lipinski definition) is 1. The van der Waals surface area contributed by atoms with E-state index in [9.17, 15) is 8.42 Å². The van der Waals surface area contributed by atoms with Gasteiger partial charge in [0.25, 0.3) is 0 Å². The van der Waals surface area contributed by atoms with E-state index in [2.05, 4.69) is 17.3 Å². The van der Waals surface area contributed by atoms with Crippen molar-refractivity contribution in [2.45, 2.75) is 32.9 Å². The predicted octanol–water partition coefficient (Wildman–Crippen LogP) is 0.604. The van der Waals surface area contributed by atoms with Gasteiger partial charge in [-0.3, -0.25) is 4.68 Å². The number of aryl methyl sites for hydroxylation is 1. The summed E-state index contributed by atoms with van der Waals surface area (Å²) in [5.74, 6) is 0.244. The fraction of sp³-hybridized carbons (Fsp3) is 0.727. The van der Waals surface area contributed by atoms with Gasteiger partial charge in [0, 0.05) is 18.5 Å². The van der Waals surface area contributed by atoms with E-state index < -0.39 is 9.84 Å². The smallest absolute Gasteiger partial charge is 0.147 e. The average molecular weight is 259 g/mol. The highest BCUT2D eigenvalue weighted by atomic mass is 32.2. The summed E-state index contributed by atoms with van der Waals surface area (Å²) in [6.07, 6.45) is 5.75. The maximum Gasteiger partial charge on any atom is 0.147 e. The van der Waals surface area contributed by atoms with E-state index in [0.717, 1.165) is 12.1 Å². The normalized spacial score (nSPS) is 13.8. The van der Waals surface area contributed by atoms with Crippen LogP contribution in [0.4, 0.5) is 0 Å². The minimum Gasteiger partial charge on any atom is -0.312 e. The predicted molar refractivity (Wildman–Crippen MR) is 68.8 cm³/mol. The van der Waals surface area contributed by atoms with Crippen LogP contribution in [0.5, 0.6) is 0 Å². The zero-order valence-corrected chi connectivity index (χ0v) is 11.5. The first-order valence-corrected chi connectivity index (χ1v) is 7.83. The van der Waals surface area contributed by atoms with Crippen molar-refractivity contribution in [3.8, 4) is 0 Å². The largest absolute Gasteiger partial charge is 0.312 e. The maximum absolute atomic E-state index is 10.9. The molecule has 1 N–H and O–H groups in total. The molecule has 1 atom stereocenters. The van der Waals surface area contributed by atoms with Gasteiger partial charge >= 0.3 is 0 Å². The maximum atomic E-state index is 10.9. The number of sulfone groups is 1. The van der Waals surface area contributed by atoms with Crippen molar-refractivity contribution in [3.63, 3.8) is 0 Å². The molecule has 17 heavy (non-hydrogen) atoms. The first-order valence-electron chi connectivity index (χ1n) is 5.77. The highest BCUT2D eigenvalue weighted by Gasteiger charge is 2.05. The lowest BCUT2D eigenvalue weighted by Crippen LogP contribution is -2.32. The number of rotatable bonds is 7. The lowest BCUT2D eigenvalue weighted by Gasteiger charge is -2.13. The van der Waals surface area contributed by atoms with Gasteiger partial charge < -0.3 is 5.32 Å². The van der Waals surface area contributed by atoms with Gasteiger partial charge in [0.15, 0.2) is 0 Å². The van der Waals surface area contributed by atoms with Crippen LogP contribution in [0.2, 0.25) is 0 Å². The Labute approximate surface area is 103 Å². The quantitative estimate of drug-likeness (QED) is 0.729. The first kappa shape index (κ1) is 14.2. The molecule has 0 bridgehead atoms. The average Bonchev–Trinajstić information content (AvgIpc) is 2.57. The van der Waals surface area contributed by atoms with E-state index in [1.165, 1.54) is 6.26 Å². The van der Waals surface area contributed by atoms with Crippen LogP contribution in [0.15, 0.2) is 12.4 Å². The Hall–Kier alpha value is -0.880. The molecule has 0 radical (unpaired) electrons. The van der Waals surface area contributed by atoms with Crippen LogP contribution in [0.1, 0.15) is 18.9 Å². The molecular formula is C11H21N3O2S. The molecule has 0 spiro atoms. The van der Waals surface area contributed by atoms with Crippen LogP contribution in [0.25, 0.3) is 0 Å². The van der Waals surface area contributed by atoms with Crippen molar-refractivity contribution in [1.29, 1.82) is 0 Å². The molecule has 1 rings (SSSR count). The minimum absolute atomic E-state index is 0.244. The molecule has 0 saturated heterocycles. The Morgan fingerprint density at radius 2 is 2.24 bits per heavy atom. The summed E-state index contributed by atoms with van der Waals surface area (Å²) in [6.45, 7) is 5.59. The van der Waals surface area contributed by atoms with Gasteiger partial charge in [0.05, 0.1) is 18.5 Å². The third kappa shape index (κ3) is 6.43. The van der Waals surface area contributed by atoms with Gasteiger partial charge in [-0.1, -0.05) is 0 Å². The van der Waals surface area contributed by atoms with E-state index in [-0.39, 0.29) is 11.8 Å². The van der Waals surface area contributed by atoms with Crippen LogP contribution in [-0.2, 0) is 16.4 Å². The van der Waals surface area contributed by atoms with Gasteiger partial charge in [-0.2, -0.15) is 5.10 Å². The molecular weight excluding hydrogens is 238 g/mol. The second kappa shape index (κ2) is 6.16. The molecule has 0 aromatic carbocycles. The summed E-state index contributed by atoms with van der Waals surface area (Å²) in [5, 5.41) is 7.49. The minimum atomic E-state index is -2.84. The van der Waals surface area contributed by atoms with Crippen LogP contribution >= 0.6 is 0 Å². The highest BCUT2D eigenvalue weighted by Crippen LogP contribution is 1.96. The standard InChI is InChI=1S/C11H21N3O2S/c1-10-7-13-14(8-10)9-11(2)12-5-4-6-17(3,15)16/h7-8,11-12H,4-6,9H2,1-3H3/t11-/m0/s1. The third-order valence-corrected chi connectivity index (χ3v) is 3.44. The van der Waals surface area contributed by atoms with Gasteiger partial charge in [0.2, 0.25) is 0 Å². The molecule has 0 aliphatic heterocycles. The van der Waals surface area contributed by atoms with Crippen LogP contribution in [-0.4, -0.2) is 42.8 Å². The Bertz CT molecular complexity index is 439. The van der Waals surface area contributed by atoms with Crippen molar-refractivity contribution >= 4 is 9.84 Å². The summed E-state index contributed by atoms with van der Waals surface area (Å²) in [7, 11) is -2.84. The monoisotopic (exact) mass is 259 g/mol. The number of nitrogens with one attached hydrogen (secondary N) is 1. The SMILES string of the molecule is Cc1cnn(C[C@H](C)NCCCS(C)(=O)=O)c1. The molecule has 0 amide bonds. The lowest BCUT2D eigenvalue weighted by molar-refractivity contribution is 0.451.